The summed E-state index contributed by atoms with van der Waals surface area (Å²) in [7, 11) is 0. The minimum atomic E-state index is 0.0712. The van der Waals surface area contributed by atoms with E-state index in [1.54, 1.807) is 0 Å². The fourth-order valence-corrected chi connectivity index (χ4v) is 3.12. The molecule has 0 aromatic heterocycles. The van der Waals surface area contributed by atoms with Crippen LogP contribution in [-0.4, -0.2) is 36.5 Å². The van der Waals surface area contributed by atoms with Crippen molar-refractivity contribution < 1.29 is 4.79 Å². The number of hydrogen-bond donors (Lipinski definition) is 1. The molecule has 3 heteroatoms. The van der Waals surface area contributed by atoms with Gasteiger partial charge in [-0.15, -0.1) is 0 Å². The Kier molecular flexibility index (Phi) is 10.6. The molecule has 0 bridgehead atoms. The first-order chi connectivity index (χ1) is 10.3. The van der Waals surface area contributed by atoms with Crippen LogP contribution < -0.4 is 5.32 Å². The van der Waals surface area contributed by atoms with Gasteiger partial charge in [0, 0.05) is 19.6 Å². The molecule has 1 N–H and O–H groups in total. The summed E-state index contributed by atoms with van der Waals surface area (Å²) in [6, 6.07) is 0.0712. The summed E-state index contributed by atoms with van der Waals surface area (Å²) in [5.41, 5.74) is 0. The monoisotopic (exact) mass is 296 g/mol. The number of hydrogen-bond acceptors (Lipinski definition) is 2. The van der Waals surface area contributed by atoms with Gasteiger partial charge in [-0.2, -0.15) is 0 Å². The fourth-order valence-electron chi connectivity index (χ4n) is 3.12. The standard InChI is InChI=1S/C18H36N2O/c1-3-5-6-7-8-9-10-11-12-13-15-20-16-14-19-17(4-2)18(20)21/h17,19H,3-16H2,1-2H3. The number of carbonyl (C=O) groups excluding carboxylic acids is 1. The van der Waals surface area contributed by atoms with Crippen LogP contribution in [0.3, 0.4) is 0 Å². The second-order valence-corrected chi connectivity index (χ2v) is 6.42. The van der Waals surface area contributed by atoms with Crippen LogP contribution in [0, 0.1) is 0 Å². The highest BCUT2D eigenvalue weighted by molar-refractivity contribution is 5.82. The maximum absolute atomic E-state index is 12.1. The third-order valence-corrected chi connectivity index (χ3v) is 4.57. The van der Waals surface area contributed by atoms with Crippen molar-refractivity contribution in [3.63, 3.8) is 0 Å². The van der Waals surface area contributed by atoms with Crippen molar-refractivity contribution in [1.82, 2.24) is 10.2 Å². The van der Waals surface area contributed by atoms with Crippen LogP contribution in [0.25, 0.3) is 0 Å². The normalized spacial score (nSPS) is 19.2. The largest absolute Gasteiger partial charge is 0.340 e. The smallest absolute Gasteiger partial charge is 0.239 e. The van der Waals surface area contributed by atoms with Gasteiger partial charge in [-0.05, 0) is 12.8 Å². The van der Waals surface area contributed by atoms with Crippen LogP contribution in [0.15, 0.2) is 0 Å². The number of rotatable bonds is 12. The average molecular weight is 296 g/mol. The highest BCUT2D eigenvalue weighted by Gasteiger charge is 2.25. The third-order valence-electron chi connectivity index (χ3n) is 4.57. The number of carbonyl (C=O) groups is 1. The molecular weight excluding hydrogens is 260 g/mol. The van der Waals surface area contributed by atoms with Gasteiger partial charge in [0.05, 0.1) is 6.04 Å². The third kappa shape index (κ3) is 7.85. The van der Waals surface area contributed by atoms with E-state index in [9.17, 15) is 4.79 Å². The maximum atomic E-state index is 12.1. The molecule has 0 aromatic rings. The second-order valence-electron chi connectivity index (χ2n) is 6.42. The molecule has 1 aliphatic rings. The molecule has 0 spiro atoms. The number of nitrogens with one attached hydrogen (secondary N) is 1. The van der Waals surface area contributed by atoms with Crippen LogP contribution in [-0.2, 0) is 4.79 Å². The zero-order chi connectivity index (χ0) is 15.3. The lowest BCUT2D eigenvalue weighted by atomic mass is 10.1. The van der Waals surface area contributed by atoms with Gasteiger partial charge in [0.2, 0.25) is 5.91 Å². The van der Waals surface area contributed by atoms with Gasteiger partial charge in [-0.25, -0.2) is 0 Å². The number of nitrogens with zero attached hydrogens (tertiary/aromatic N) is 1. The summed E-state index contributed by atoms with van der Waals surface area (Å²) in [6.07, 6.45) is 14.5. The Labute approximate surface area is 131 Å². The molecule has 0 aromatic carbocycles. The minimum Gasteiger partial charge on any atom is -0.340 e. The molecule has 0 radical (unpaired) electrons. The SMILES string of the molecule is CCCCCCCCCCCCN1CCNC(CC)C1=O. The molecule has 0 saturated carbocycles. The Bertz CT molecular complexity index is 268. The number of piperazine rings is 1. The molecule has 1 saturated heterocycles. The first-order valence-electron chi connectivity index (χ1n) is 9.31. The number of amides is 1. The van der Waals surface area contributed by atoms with Crippen molar-refractivity contribution in [2.75, 3.05) is 19.6 Å². The Morgan fingerprint density at radius 2 is 1.52 bits per heavy atom. The van der Waals surface area contributed by atoms with Crippen LogP contribution in [0.1, 0.15) is 84.5 Å². The Balaban J connectivity index is 1.93. The quantitative estimate of drug-likeness (QED) is 0.549. The van der Waals surface area contributed by atoms with E-state index >= 15 is 0 Å². The molecule has 1 aliphatic heterocycles. The summed E-state index contributed by atoms with van der Waals surface area (Å²) in [5, 5.41) is 3.30. The van der Waals surface area contributed by atoms with Gasteiger partial charge in [0.15, 0.2) is 0 Å². The molecule has 1 rings (SSSR count). The van der Waals surface area contributed by atoms with E-state index in [1.165, 1.54) is 64.2 Å². The highest BCUT2D eigenvalue weighted by Crippen LogP contribution is 2.12. The van der Waals surface area contributed by atoms with E-state index in [2.05, 4.69) is 24.1 Å². The molecule has 1 heterocycles. The molecule has 0 aliphatic carbocycles. The van der Waals surface area contributed by atoms with Crippen molar-refractivity contribution in [2.45, 2.75) is 90.5 Å². The van der Waals surface area contributed by atoms with E-state index in [0.717, 1.165) is 26.1 Å². The molecule has 1 unspecified atom stereocenters. The summed E-state index contributed by atoms with van der Waals surface area (Å²) in [5.74, 6) is 0.319. The topological polar surface area (TPSA) is 32.3 Å². The number of unbranched alkanes of at least 4 members (excludes halogenated alkanes) is 9. The lowest BCUT2D eigenvalue weighted by molar-refractivity contribution is -0.135. The maximum Gasteiger partial charge on any atom is 0.239 e. The molecule has 1 atom stereocenters. The summed E-state index contributed by atoms with van der Waals surface area (Å²) < 4.78 is 0. The van der Waals surface area contributed by atoms with Crippen LogP contribution in [0.5, 0.6) is 0 Å². The van der Waals surface area contributed by atoms with Gasteiger partial charge in [0.25, 0.3) is 0 Å². The first-order valence-corrected chi connectivity index (χ1v) is 9.31. The Morgan fingerprint density at radius 1 is 0.952 bits per heavy atom. The van der Waals surface area contributed by atoms with Gasteiger partial charge in [-0.3, -0.25) is 4.79 Å². The molecule has 1 fully saturated rings. The van der Waals surface area contributed by atoms with Crippen molar-refractivity contribution >= 4 is 5.91 Å². The predicted octanol–water partition coefficient (Wildman–Crippen LogP) is 4.12. The van der Waals surface area contributed by atoms with E-state index in [0.29, 0.717) is 5.91 Å². The van der Waals surface area contributed by atoms with Crippen LogP contribution >= 0.6 is 0 Å². The molecule has 1 amide bonds. The lowest BCUT2D eigenvalue weighted by Gasteiger charge is -2.32. The summed E-state index contributed by atoms with van der Waals surface area (Å²) >= 11 is 0. The Hall–Kier alpha value is -0.570. The van der Waals surface area contributed by atoms with E-state index in [1.807, 2.05) is 0 Å². The average Bonchev–Trinajstić information content (AvgIpc) is 2.50. The lowest BCUT2D eigenvalue weighted by Crippen LogP contribution is -2.54. The van der Waals surface area contributed by atoms with Gasteiger partial charge >= 0.3 is 0 Å². The van der Waals surface area contributed by atoms with Crippen molar-refractivity contribution in [3.8, 4) is 0 Å². The molecule has 21 heavy (non-hydrogen) atoms. The van der Waals surface area contributed by atoms with E-state index in [-0.39, 0.29) is 6.04 Å². The minimum absolute atomic E-state index is 0.0712. The van der Waals surface area contributed by atoms with Crippen LogP contribution in [0.4, 0.5) is 0 Å². The van der Waals surface area contributed by atoms with Gasteiger partial charge < -0.3 is 10.2 Å². The Morgan fingerprint density at radius 3 is 2.10 bits per heavy atom. The zero-order valence-electron chi connectivity index (χ0n) is 14.3. The summed E-state index contributed by atoms with van der Waals surface area (Å²) in [6.45, 7) is 7.17. The highest BCUT2D eigenvalue weighted by atomic mass is 16.2. The molecular formula is C18H36N2O. The summed E-state index contributed by atoms with van der Waals surface area (Å²) in [4.78, 5) is 14.2. The van der Waals surface area contributed by atoms with Crippen molar-refractivity contribution in [2.24, 2.45) is 0 Å². The first kappa shape index (κ1) is 18.5. The fraction of sp³-hybridized carbons (Fsp3) is 0.944. The predicted molar refractivity (Wildman–Crippen MR) is 90.5 cm³/mol. The van der Waals surface area contributed by atoms with Crippen molar-refractivity contribution in [3.05, 3.63) is 0 Å². The van der Waals surface area contributed by atoms with Crippen molar-refractivity contribution in [1.29, 1.82) is 0 Å². The van der Waals surface area contributed by atoms with E-state index in [4.69, 9.17) is 0 Å². The molecule has 3 nitrogen and oxygen atoms in total. The zero-order valence-corrected chi connectivity index (χ0v) is 14.3. The van der Waals surface area contributed by atoms with Gasteiger partial charge in [0.1, 0.15) is 0 Å². The van der Waals surface area contributed by atoms with E-state index < -0.39 is 0 Å². The van der Waals surface area contributed by atoms with Gasteiger partial charge in [-0.1, -0.05) is 71.6 Å². The van der Waals surface area contributed by atoms with Crippen LogP contribution in [0.2, 0.25) is 0 Å². The molecule has 124 valence electrons. The second kappa shape index (κ2) is 12.0.